The van der Waals surface area contributed by atoms with Crippen LogP contribution >= 0.6 is 0 Å². The molecular formula is C17H24F3NO. The number of amides is 1. The van der Waals surface area contributed by atoms with E-state index in [0.29, 0.717) is 5.56 Å². The number of carbonyl (C=O) groups excluding carboxylic acids is 1. The van der Waals surface area contributed by atoms with E-state index in [2.05, 4.69) is 5.32 Å². The molecule has 0 aliphatic carbocycles. The van der Waals surface area contributed by atoms with Gasteiger partial charge in [-0.3, -0.25) is 4.79 Å². The van der Waals surface area contributed by atoms with Crippen molar-refractivity contribution in [2.75, 3.05) is 0 Å². The van der Waals surface area contributed by atoms with E-state index < -0.39 is 24.5 Å². The van der Waals surface area contributed by atoms with Gasteiger partial charge in [-0.25, -0.2) is 0 Å². The molecule has 0 saturated carbocycles. The zero-order valence-electron chi connectivity index (χ0n) is 13.7. The van der Waals surface area contributed by atoms with Crippen LogP contribution in [0.1, 0.15) is 75.6 Å². The molecule has 1 aromatic rings. The molecule has 0 aliphatic rings. The van der Waals surface area contributed by atoms with Crippen molar-refractivity contribution in [3.63, 3.8) is 0 Å². The topological polar surface area (TPSA) is 29.1 Å². The van der Waals surface area contributed by atoms with E-state index in [-0.39, 0.29) is 11.8 Å². The van der Waals surface area contributed by atoms with Crippen molar-refractivity contribution >= 4 is 5.91 Å². The summed E-state index contributed by atoms with van der Waals surface area (Å²) in [7, 11) is 0. The predicted molar refractivity (Wildman–Crippen MR) is 81.8 cm³/mol. The molecule has 0 aliphatic heterocycles. The van der Waals surface area contributed by atoms with Crippen LogP contribution in [0, 0.1) is 0 Å². The minimum atomic E-state index is -4.34. The molecule has 1 unspecified atom stereocenters. The lowest BCUT2D eigenvalue weighted by Crippen LogP contribution is -2.32. The molecule has 1 amide bonds. The first-order valence-corrected chi connectivity index (χ1v) is 7.49. The Labute approximate surface area is 130 Å². The summed E-state index contributed by atoms with van der Waals surface area (Å²) in [6.45, 7) is 9.03. The van der Waals surface area contributed by atoms with Gasteiger partial charge in [0.05, 0.1) is 12.5 Å². The monoisotopic (exact) mass is 315 g/mol. The first kappa shape index (κ1) is 18.5. The van der Waals surface area contributed by atoms with Crippen LogP contribution in [0.3, 0.4) is 0 Å². The van der Waals surface area contributed by atoms with E-state index in [1.54, 1.807) is 0 Å². The molecule has 0 aromatic heterocycles. The molecular weight excluding hydrogens is 291 g/mol. The van der Waals surface area contributed by atoms with Crippen molar-refractivity contribution in [1.82, 2.24) is 5.32 Å². The molecule has 1 atom stereocenters. The average molecular weight is 315 g/mol. The second-order valence-electron chi connectivity index (χ2n) is 6.23. The molecule has 0 bridgehead atoms. The molecule has 0 saturated heterocycles. The van der Waals surface area contributed by atoms with Crippen molar-refractivity contribution in [1.29, 1.82) is 0 Å². The van der Waals surface area contributed by atoms with E-state index in [4.69, 9.17) is 0 Å². The number of rotatable bonds is 5. The van der Waals surface area contributed by atoms with Crippen molar-refractivity contribution in [2.45, 2.75) is 65.1 Å². The van der Waals surface area contributed by atoms with Crippen molar-refractivity contribution in [2.24, 2.45) is 0 Å². The number of hydrogen-bond donors (Lipinski definition) is 1. The maximum Gasteiger partial charge on any atom is 0.391 e. The van der Waals surface area contributed by atoms with Gasteiger partial charge in [0.2, 0.25) is 5.91 Å². The second-order valence-corrected chi connectivity index (χ2v) is 6.23. The lowest BCUT2D eigenvalue weighted by molar-refractivity contribution is -0.142. The van der Waals surface area contributed by atoms with Gasteiger partial charge in [-0.1, -0.05) is 45.9 Å². The van der Waals surface area contributed by atoms with Gasteiger partial charge >= 0.3 is 6.18 Å². The molecule has 1 N–H and O–H groups in total. The summed E-state index contributed by atoms with van der Waals surface area (Å²) in [4.78, 5) is 11.4. The van der Waals surface area contributed by atoms with Crippen LogP contribution in [-0.2, 0) is 4.79 Å². The van der Waals surface area contributed by atoms with Gasteiger partial charge in [0.15, 0.2) is 0 Å². The van der Waals surface area contributed by atoms with Crippen LogP contribution < -0.4 is 5.32 Å². The van der Waals surface area contributed by atoms with Crippen LogP contribution in [0.15, 0.2) is 18.2 Å². The fraction of sp³-hybridized carbons (Fsp3) is 0.588. The van der Waals surface area contributed by atoms with Crippen molar-refractivity contribution in [3.8, 4) is 0 Å². The summed E-state index contributed by atoms with van der Waals surface area (Å²) >= 11 is 0. The lowest BCUT2D eigenvalue weighted by atomic mass is 9.84. The van der Waals surface area contributed by atoms with E-state index in [1.165, 1.54) is 6.92 Å². The predicted octanol–water partition coefficient (Wildman–Crippen LogP) is 5.06. The standard InChI is InChI=1S/C17H24F3NO/c1-10(2)13-7-6-8-14(11(3)4)16(13)15(21-12(5)22)9-17(18,19)20/h6-8,10-11,15H,9H2,1-5H3,(H,21,22). The molecule has 1 aromatic carbocycles. The van der Waals surface area contributed by atoms with Gasteiger partial charge in [-0.05, 0) is 28.5 Å². The van der Waals surface area contributed by atoms with Gasteiger partial charge in [-0.15, -0.1) is 0 Å². The largest absolute Gasteiger partial charge is 0.391 e. The lowest BCUT2D eigenvalue weighted by Gasteiger charge is -2.28. The molecule has 2 nitrogen and oxygen atoms in total. The molecule has 1 rings (SSSR count). The zero-order valence-corrected chi connectivity index (χ0v) is 13.7. The Morgan fingerprint density at radius 1 is 1.09 bits per heavy atom. The zero-order chi connectivity index (χ0) is 17.1. The van der Waals surface area contributed by atoms with E-state index in [1.807, 2.05) is 45.9 Å². The minimum Gasteiger partial charge on any atom is -0.349 e. The highest BCUT2D eigenvalue weighted by Crippen LogP contribution is 2.37. The highest BCUT2D eigenvalue weighted by molar-refractivity contribution is 5.73. The van der Waals surface area contributed by atoms with E-state index in [9.17, 15) is 18.0 Å². The van der Waals surface area contributed by atoms with Gasteiger partial charge in [-0.2, -0.15) is 13.2 Å². The van der Waals surface area contributed by atoms with Crippen LogP contribution in [-0.4, -0.2) is 12.1 Å². The van der Waals surface area contributed by atoms with Crippen LogP contribution in [0.2, 0.25) is 0 Å². The van der Waals surface area contributed by atoms with Crippen LogP contribution in [0.25, 0.3) is 0 Å². The Hall–Kier alpha value is -1.52. The van der Waals surface area contributed by atoms with E-state index >= 15 is 0 Å². The molecule has 0 radical (unpaired) electrons. The number of nitrogens with one attached hydrogen (secondary N) is 1. The number of carbonyl (C=O) groups is 1. The fourth-order valence-electron chi connectivity index (χ4n) is 2.71. The SMILES string of the molecule is CC(=O)NC(CC(F)(F)F)c1c(C(C)C)cccc1C(C)C. The average Bonchev–Trinajstić information content (AvgIpc) is 2.34. The highest BCUT2D eigenvalue weighted by Gasteiger charge is 2.35. The molecule has 0 spiro atoms. The summed E-state index contributed by atoms with van der Waals surface area (Å²) < 4.78 is 38.9. The Kier molecular flexibility index (Phi) is 6.03. The molecule has 0 fully saturated rings. The number of halogens is 3. The Morgan fingerprint density at radius 3 is 1.86 bits per heavy atom. The Morgan fingerprint density at radius 2 is 1.55 bits per heavy atom. The van der Waals surface area contributed by atoms with Gasteiger partial charge < -0.3 is 5.32 Å². The highest BCUT2D eigenvalue weighted by atomic mass is 19.4. The summed E-state index contributed by atoms with van der Waals surface area (Å²) in [5.41, 5.74) is 2.32. The van der Waals surface area contributed by atoms with Crippen LogP contribution in [0.5, 0.6) is 0 Å². The first-order chi connectivity index (χ1) is 10.0. The smallest absolute Gasteiger partial charge is 0.349 e. The van der Waals surface area contributed by atoms with E-state index in [0.717, 1.165) is 11.1 Å². The van der Waals surface area contributed by atoms with Crippen LogP contribution in [0.4, 0.5) is 13.2 Å². The molecule has 5 heteroatoms. The van der Waals surface area contributed by atoms with Gasteiger partial charge in [0.25, 0.3) is 0 Å². The third-order valence-corrected chi connectivity index (χ3v) is 3.58. The Bertz CT molecular complexity index is 495. The summed E-state index contributed by atoms with van der Waals surface area (Å²) in [6, 6.07) is 4.51. The van der Waals surface area contributed by atoms with Crippen molar-refractivity contribution < 1.29 is 18.0 Å². The molecule has 124 valence electrons. The molecule has 0 heterocycles. The maximum absolute atomic E-state index is 13.0. The fourth-order valence-corrected chi connectivity index (χ4v) is 2.71. The number of alkyl halides is 3. The third-order valence-electron chi connectivity index (χ3n) is 3.58. The van der Waals surface area contributed by atoms with Crippen molar-refractivity contribution in [3.05, 3.63) is 34.9 Å². The minimum absolute atomic E-state index is 0.0817. The first-order valence-electron chi connectivity index (χ1n) is 7.49. The molecule has 22 heavy (non-hydrogen) atoms. The number of hydrogen-bond acceptors (Lipinski definition) is 1. The number of benzene rings is 1. The third kappa shape index (κ3) is 5.04. The summed E-state index contributed by atoms with van der Waals surface area (Å²) in [6.07, 6.45) is -5.40. The normalized spacial score (nSPS) is 13.5. The maximum atomic E-state index is 13.0. The second kappa shape index (κ2) is 7.16. The van der Waals surface area contributed by atoms with Gasteiger partial charge in [0, 0.05) is 6.92 Å². The quantitative estimate of drug-likeness (QED) is 0.808. The van der Waals surface area contributed by atoms with Gasteiger partial charge in [0.1, 0.15) is 0 Å². The summed E-state index contributed by atoms with van der Waals surface area (Å²) in [5.74, 6) is -0.293. The summed E-state index contributed by atoms with van der Waals surface area (Å²) in [5, 5.41) is 2.48. The Balaban J connectivity index is 3.46.